The van der Waals surface area contributed by atoms with Crippen molar-refractivity contribution < 1.29 is 23.8 Å². The molecule has 0 aromatic heterocycles. The summed E-state index contributed by atoms with van der Waals surface area (Å²) in [7, 11) is 0. The van der Waals surface area contributed by atoms with Gasteiger partial charge in [-0.3, -0.25) is 9.59 Å². The molecule has 3 aliphatic heterocycles. The van der Waals surface area contributed by atoms with E-state index in [0.717, 1.165) is 22.3 Å². The van der Waals surface area contributed by atoms with Gasteiger partial charge in [0.05, 0.1) is 17.9 Å². The molecule has 0 bridgehead atoms. The zero-order valence-corrected chi connectivity index (χ0v) is 17.9. The number of rotatable bonds is 0. The summed E-state index contributed by atoms with van der Waals surface area (Å²) in [5.41, 5.74) is 4.07. The van der Waals surface area contributed by atoms with Crippen molar-refractivity contribution in [3.05, 3.63) is 45.6 Å². The van der Waals surface area contributed by atoms with Gasteiger partial charge in [-0.2, -0.15) is 0 Å². The Bertz CT molecular complexity index is 962. The summed E-state index contributed by atoms with van der Waals surface area (Å²) in [5.74, 6) is 1.60. The van der Waals surface area contributed by atoms with Gasteiger partial charge >= 0.3 is 0 Å². The number of Topliss-reactive ketones (excluding diaryl/α,β-unsaturated/α-hetero) is 2. The van der Waals surface area contributed by atoms with Gasteiger partial charge in [0.1, 0.15) is 35.1 Å². The van der Waals surface area contributed by atoms with Crippen LogP contribution in [-0.4, -0.2) is 29.9 Å². The van der Waals surface area contributed by atoms with Gasteiger partial charge in [0.15, 0.2) is 5.78 Å². The highest BCUT2D eigenvalue weighted by molar-refractivity contribution is 6.14. The first-order chi connectivity index (χ1) is 13.7. The molecule has 5 aliphatic rings. The van der Waals surface area contributed by atoms with E-state index in [1.165, 1.54) is 0 Å². The highest BCUT2D eigenvalue weighted by atomic mass is 16.5. The molecule has 0 aromatic rings. The van der Waals surface area contributed by atoms with Crippen LogP contribution in [0.4, 0.5) is 0 Å². The number of carbonyl (C=O) groups is 2. The molecule has 5 nitrogen and oxygen atoms in total. The molecule has 0 radical (unpaired) electrons. The van der Waals surface area contributed by atoms with Crippen LogP contribution in [0.3, 0.4) is 0 Å². The van der Waals surface area contributed by atoms with E-state index in [4.69, 9.17) is 14.2 Å². The maximum atomic E-state index is 13.5. The van der Waals surface area contributed by atoms with Crippen molar-refractivity contribution in [1.82, 2.24) is 0 Å². The minimum atomic E-state index is -0.365. The summed E-state index contributed by atoms with van der Waals surface area (Å²) >= 11 is 0. The Morgan fingerprint density at radius 1 is 0.931 bits per heavy atom. The molecule has 2 aliphatic carbocycles. The number of ether oxygens (including phenoxy) is 3. The van der Waals surface area contributed by atoms with Crippen LogP contribution in [0, 0.1) is 23.7 Å². The van der Waals surface area contributed by atoms with Crippen LogP contribution in [-0.2, 0) is 23.8 Å². The molecule has 0 saturated heterocycles. The molecular formula is C24H28O5. The normalized spacial score (nSPS) is 41.0. The number of fused-ring (bicyclic) bond motifs is 3. The lowest BCUT2D eigenvalue weighted by Gasteiger charge is -2.49. The lowest BCUT2D eigenvalue weighted by molar-refractivity contribution is -0.131. The molecule has 7 atom stereocenters. The summed E-state index contributed by atoms with van der Waals surface area (Å²) < 4.78 is 18.6. The van der Waals surface area contributed by atoms with Crippen molar-refractivity contribution in [1.29, 1.82) is 0 Å². The van der Waals surface area contributed by atoms with Crippen molar-refractivity contribution in [2.24, 2.45) is 23.7 Å². The Balaban J connectivity index is 1.74. The van der Waals surface area contributed by atoms with Crippen molar-refractivity contribution in [3.63, 3.8) is 0 Å². The molecule has 1 fully saturated rings. The zero-order chi connectivity index (χ0) is 20.8. The molecule has 0 aromatic carbocycles. The van der Waals surface area contributed by atoms with Gasteiger partial charge in [0, 0.05) is 41.2 Å². The van der Waals surface area contributed by atoms with E-state index in [-0.39, 0.29) is 53.6 Å². The number of carbonyl (C=O) groups excluding carboxylic acids is 2. The van der Waals surface area contributed by atoms with Crippen LogP contribution in [0.1, 0.15) is 48.0 Å². The number of ketones is 2. The zero-order valence-electron chi connectivity index (χ0n) is 17.9. The van der Waals surface area contributed by atoms with E-state index in [0.29, 0.717) is 23.5 Å². The summed E-state index contributed by atoms with van der Waals surface area (Å²) in [6.45, 7) is 12.1. The standard InChI is InChI=1S/C24H28O5/c1-9-13(5)27-8-15-18(9)12(4)22(26)21-23(15)29-17-7-16(25)11(3)19-10(2)14(6)28-24(21)20(17)19/h8-11,13-14,17,19H,7H2,1-6H3/t9-,10-,11?,13-,14+,17?,19?/m1/s1. The average Bonchev–Trinajstić information content (AvgIpc) is 2.68. The molecule has 5 rings (SSSR count). The second-order valence-corrected chi connectivity index (χ2v) is 9.29. The third-order valence-corrected chi connectivity index (χ3v) is 7.79. The van der Waals surface area contributed by atoms with Crippen molar-refractivity contribution in [2.75, 3.05) is 0 Å². The fraction of sp³-hybridized carbons (Fsp3) is 0.583. The summed E-state index contributed by atoms with van der Waals surface area (Å²) in [4.78, 5) is 26.3. The topological polar surface area (TPSA) is 61.8 Å². The molecule has 0 spiro atoms. The molecule has 0 amide bonds. The minimum Gasteiger partial charge on any atom is -0.497 e. The predicted molar refractivity (Wildman–Crippen MR) is 106 cm³/mol. The fourth-order valence-corrected chi connectivity index (χ4v) is 5.74. The van der Waals surface area contributed by atoms with Gasteiger partial charge in [-0.15, -0.1) is 0 Å². The van der Waals surface area contributed by atoms with Crippen molar-refractivity contribution >= 4 is 11.6 Å². The molecular weight excluding hydrogens is 368 g/mol. The van der Waals surface area contributed by atoms with Crippen LogP contribution in [0.15, 0.2) is 45.6 Å². The third kappa shape index (κ3) is 2.33. The van der Waals surface area contributed by atoms with E-state index in [1.807, 2.05) is 27.7 Å². The van der Waals surface area contributed by atoms with Crippen LogP contribution in [0.25, 0.3) is 0 Å². The summed E-state index contributed by atoms with van der Waals surface area (Å²) in [5, 5.41) is 0. The SMILES string of the molecule is CC1=C2C(=CO[C@H](C)[C@H]2C)C2=C(C1=O)C1=C3C(CC(=O)C(C)C3[C@H](C)[C@H](C)O1)O2. The van der Waals surface area contributed by atoms with Gasteiger partial charge in [0.25, 0.3) is 0 Å². The highest BCUT2D eigenvalue weighted by Gasteiger charge is 2.53. The summed E-state index contributed by atoms with van der Waals surface area (Å²) in [6.07, 6.45) is 1.59. The molecule has 3 heterocycles. The van der Waals surface area contributed by atoms with Crippen molar-refractivity contribution in [3.8, 4) is 0 Å². The van der Waals surface area contributed by atoms with E-state index in [1.54, 1.807) is 6.26 Å². The fourth-order valence-electron chi connectivity index (χ4n) is 5.74. The molecule has 154 valence electrons. The Morgan fingerprint density at radius 3 is 2.38 bits per heavy atom. The monoisotopic (exact) mass is 396 g/mol. The Kier molecular flexibility index (Phi) is 3.94. The van der Waals surface area contributed by atoms with Crippen LogP contribution < -0.4 is 0 Å². The first kappa shape index (κ1) is 18.7. The molecule has 5 heteroatoms. The third-order valence-electron chi connectivity index (χ3n) is 7.79. The van der Waals surface area contributed by atoms with Crippen LogP contribution >= 0.6 is 0 Å². The summed E-state index contributed by atoms with van der Waals surface area (Å²) in [6, 6.07) is 0. The quantitative estimate of drug-likeness (QED) is 0.619. The second kappa shape index (κ2) is 6.10. The van der Waals surface area contributed by atoms with Gasteiger partial charge in [-0.1, -0.05) is 20.8 Å². The number of hydrogen-bond donors (Lipinski definition) is 0. The maximum Gasteiger partial charge on any atom is 0.196 e. The lowest BCUT2D eigenvalue weighted by Crippen LogP contribution is -2.49. The van der Waals surface area contributed by atoms with Gasteiger partial charge < -0.3 is 14.2 Å². The first-order valence-corrected chi connectivity index (χ1v) is 10.7. The van der Waals surface area contributed by atoms with Gasteiger partial charge in [-0.25, -0.2) is 0 Å². The van der Waals surface area contributed by atoms with E-state index < -0.39 is 0 Å². The molecule has 3 unspecified atom stereocenters. The lowest BCUT2D eigenvalue weighted by atomic mass is 9.64. The predicted octanol–water partition coefficient (Wildman–Crippen LogP) is 4.01. The van der Waals surface area contributed by atoms with E-state index in [2.05, 4.69) is 13.8 Å². The Labute approximate surface area is 171 Å². The van der Waals surface area contributed by atoms with E-state index in [9.17, 15) is 9.59 Å². The molecule has 1 saturated carbocycles. The largest absolute Gasteiger partial charge is 0.497 e. The number of hydrogen-bond acceptors (Lipinski definition) is 5. The smallest absolute Gasteiger partial charge is 0.196 e. The van der Waals surface area contributed by atoms with Crippen LogP contribution in [0.2, 0.25) is 0 Å². The van der Waals surface area contributed by atoms with E-state index >= 15 is 0 Å². The molecule has 29 heavy (non-hydrogen) atoms. The maximum absolute atomic E-state index is 13.5. The molecule has 0 N–H and O–H groups in total. The van der Waals surface area contributed by atoms with Gasteiger partial charge in [-0.05, 0) is 26.3 Å². The highest BCUT2D eigenvalue weighted by Crippen LogP contribution is 2.54. The first-order valence-electron chi connectivity index (χ1n) is 10.7. The average molecular weight is 396 g/mol. The van der Waals surface area contributed by atoms with Crippen molar-refractivity contribution in [2.45, 2.75) is 66.3 Å². The second-order valence-electron chi connectivity index (χ2n) is 9.29. The van der Waals surface area contributed by atoms with Gasteiger partial charge in [0.2, 0.25) is 0 Å². The number of allylic oxidation sites excluding steroid dienone is 3. The Morgan fingerprint density at radius 2 is 1.66 bits per heavy atom. The van der Waals surface area contributed by atoms with Crippen LogP contribution in [0.5, 0.6) is 0 Å². The Hall–Kier alpha value is -2.30. The minimum absolute atomic E-state index is 0.00897.